The summed E-state index contributed by atoms with van der Waals surface area (Å²) in [7, 11) is 0. The van der Waals surface area contributed by atoms with E-state index in [0.29, 0.717) is 5.76 Å². The Morgan fingerprint density at radius 2 is 2.27 bits per heavy atom. The third-order valence-electron chi connectivity index (χ3n) is 2.74. The Morgan fingerprint density at radius 1 is 1.67 bits per heavy atom. The van der Waals surface area contributed by atoms with Crippen LogP contribution in [0.4, 0.5) is 0 Å². The van der Waals surface area contributed by atoms with Gasteiger partial charge in [-0.1, -0.05) is 43.5 Å². The van der Waals surface area contributed by atoms with Crippen molar-refractivity contribution in [1.82, 2.24) is 4.90 Å². The highest BCUT2D eigenvalue weighted by atomic mass is 35.5. The second-order valence-corrected chi connectivity index (χ2v) is 4.67. The topological polar surface area (TPSA) is 29.5 Å². The summed E-state index contributed by atoms with van der Waals surface area (Å²) in [5.74, 6) is 0.770. The molecule has 1 rings (SSSR count). The predicted octanol–water partition coefficient (Wildman–Crippen LogP) is 2.88. The molecular formula is C10H15Cl2NO2. The number of nitrogens with zero attached hydrogens (tertiary/aromatic N) is 1. The number of rotatable bonds is 2. The molecule has 0 aromatic heterocycles. The Kier molecular flexibility index (Phi) is 4.29. The zero-order valence-electron chi connectivity index (χ0n) is 9.09. The van der Waals surface area contributed by atoms with Crippen molar-refractivity contribution in [2.45, 2.75) is 33.2 Å². The Balaban J connectivity index is 2.98. The molecule has 1 aliphatic rings. The number of hydrogen-bond acceptors (Lipinski definition) is 2. The molecule has 1 unspecified atom stereocenters. The molecule has 3 nitrogen and oxygen atoms in total. The molecule has 0 bridgehead atoms. The molecule has 0 spiro atoms. The molecule has 0 aromatic rings. The van der Waals surface area contributed by atoms with Crippen LogP contribution in [0.25, 0.3) is 0 Å². The normalized spacial score (nSPS) is 22.6. The monoisotopic (exact) mass is 251 g/mol. The van der Waals surface area contributed by atoms with Gasteiger partial charge in [0.15, 0.2) is 12.5 Å². The van der Waals surface area contributed by atoms with E-state index in [2.05, 4.69) is 6.92 Å². The van der Waals surface area contributed by atoms with Crippen LogP contribution < -0.4 is 0 Å². The van der Waals surface area contributed by atoms with Crippen LogP contribution in [-0.2, 0) is 9.53 Å². The van der Waals surface area contributed by atoms with Gasteiger partial charge in [-0.2, -0.15) is 0 Å². The van der Waals surface area contributed by atoms with Gasteiger partial charge in [-0.25, -0.2) is 0 Å². The highest BCUT2D eigenvalue weighted by Crippen LogP contribution is 2.33. The number of hydrogen-bond donors (Lipinski definition) is 0. The van der Waals surface area contributed by atoms with Crippen molar-refractivity contribution in [3.63, 3.8) is 0 Å². The lowest BCUT2D eigenvalue weighted by Gasteiger charge is -2.25. The van der Waals surface area contributed by atoms with E-state index in [-0.39, 0.29) is 29.1 Å². The van der Waals surface area contributed by atoms with Gasteiger partial charge in [0, 0.05) is 6.92 Å². The molecule has 0 saturated carbocycles. The highest BCUT2D eigenvalue weighted by molar-refractivity contribution is 6.56. The smallest absolute Gasteiger partial charge is 0.222 e. The summed E-state index contributed by atoms with van der Waals surface area (Å²) >= 11 is 11.5. The van der Waals surface area contributed by atoms with Crippen LogP contribution in [0, 0.1) is 5.92 Å². The minimum atomic E-state index is -0.127. The van der Waals surface area contributed by atoms with E-state index in [1.807, 2.05) is 6.92 Å². The van der Waals surface area contributed by atoms with Crippen LogP contribution in [0.1, 0.15) is 27.2 Å². The summed E-state index contributed by atoms with van der Waals surface area (Å²) in [5, 5.41) is 0. The second-order valence-electron chi connectivity index (χ2n) is 3.72. The molecule has 2 atom stereocenters. The van der Waals surface area contributed by atoms with Crippen LogP contribution in [-0.4, -0.2) is 23.6 Å². The predicted molar refractivity (Wildman–Crippen MR) is 60.4 cm³/mol. The Labute approximate surface area is 100.0 Å². The van der Waals surface area contributed by atoms with Gasteiger partial charge in [-0.05, 0) is 5.92 Å². The van der Waals surface area contributed by atoms with Gasteiger partial charge in [0.05, 0.1) is 6.04 Å². The van der Waals surface area contributed by atoms with Crippen LogP contribution in [0.5, 0.6) is 0 Å². The SMILES string of the molecule is CCC(C)[C@H]1C(=C(Cl)Cl)OCN1C(C)=O. The fourth-order valence-electron chi connectivity index (χ4n) is 1.69. The van der Waals surface area contributed by atoms with Crippen LogP contribution in [0.15, 0.2) is 10.3 Å². The van der Waals surface area contributed by atoms with Gasteiger partial charge in [0.25, 0.3) is 0 Å². The Morgan fingerprint density at radius 3 is 2.67 bits per heavy atom. The molecule has 0 aliphatic carbocycles. The summed E-state index contributed by atoms with van der Waals surface area (Å²) in [4.78, 5) is 13.0. The van der Waals surface area contributed by atoms with Crippen molar-refractivity contribution in [2.75, 3.05) is 6.73 Å². The molecule has 15 heavy (non-hydrogen) atoms. The number of carbonyl (C=O) groups is 1. The van der Waals surface area contributed by atoms with Crippen molar-refractivity contribution < 1.29 is 9.53 Å². The van der Waals surface area contributed by atoms with Gasteiger partial charge in [-0.15, -0.1) is 0 Å². The van der Waals surface area contributed by atoms with Crippen molar-refractivity contribution in [3.8, 4) is 0 Å². The Bertz CT molecular complexity index is 287. The van der Waals surface area contributed by atoms with E-state index in [9.17, 15) is 4.79 Å². The average Bonchev–Trinajstić information content (AvgIpc) is 2.60. The van der Waals surface area contributed by atoms with Gasteiger partial charge in [0.1, 0.15) is 4.49 Å². The van der Waals surface area contributed by atoms with Crippen LogP contribution in [0.3, 0.4) is 0 Å². The fraction of sp³-hybridized carbons (Fsp3) is 0.700. The van der Waals surface area contributed by atoms with Gasteiger partial charge in [-0.3, -0.25) is 9.69 Å². The standard InChI is InChI=1S/C10H15Cl2NO2/c1-4-6(2)8-9(10(11)12)15-5-13(8)7(3)14/h6,8H,4-5H2,1-3H3/t6?,8-/m0/s1. The molecular weight excluding hydrogens is 237 g/mol. The van der Waals surface area contributed by atoms with Crippen molar-refractivity contribution in [3.05, 3.63) is 10.3 Å². The summed E-state index contributed by atoms with van der Waals surface area (Å²) < 4.78 is 5.46. The summed E-state index contributed by atoms with van der Waals surface area (Å²) in [6.45, 7) is 5.86. The number of carbonyl (C=O) groups excluding carboxylic acids is 1. The lowest BCUT2D eigenvalue weighted by molar-refractivity contribution is -0.131. The summed E-state index contributed by atoms with van der Waals surface area (Å²) in [6, 6.07) is -0.127. The maximum Gasteiger partial charge on any atom is 0.222 e. The molecule has 1 aliphatic heterocycles. The van der Waals surface area contributed by atoms with E-state index in [0.717, 1.165) is 6.42 Å². The Hall–Kier alpha value is -0.410. The first-order chi connectivity index (χ1) is 6.99. The van der Waals surface area contributed by atoms with E-state index in [1.54, 1.807) is 4.90 Å². The molecule has 1 amide bonds. The number of halogens is 2. The third-order valence-corrected chi connectivity index (χ3v) is 3.11. The van der Waals surface area contributed by atoms with Crippen molar-refractivity contribution in [2.24, 2.45) is 5.92 Å². The lowest BCUT2D eigenvalue weighted by atomic mass is 9.97. The molecule has 0 radical (unpaired) electrons. The van der Waals surface area contributed by atoms with E-state index < -0.39 is 0 Å². The van der Waals surface area contributed by atoms with Crippen LogP contribution >= 0.6 is 23.2 Å². The maximum absolute atomic E-state index is 11.4. The average molecular weight is 252 g/mol. The highest BCUT2D eigenvalue weighted by Gasteiger charge is 2.37. The maximum atomic E-state index is 11.4. The molecule has 86 valence electrons. The molecule has 1 fully saturated rings. The van der Waals surface area contributed by atoms with E-state index in [4.69, 9.17) is 27.9 Å². The molecule has 1 heterocycles. The van der Waals surface area contributed by atoms with Gasteiger partial charge < -0.3 is 4.74 Å². The lowest BCUT2D eigenvalue weighted by Crippen LogP contribution is -2.38. The van der Waals surface area contributed by atoms with Crippen LogP contribution in [0.2, 0.25) is 0 Å². The first-order valence-corrected chi connectivity index (χ1v) is 5.69. The number of ether oxygens (including phenoxy) is 1. The minimum Gasteiger partial charge on any atom is -0.473 e. The van der Waals surface area contributed by atoms with E-state index in [1.165, 1.54) is 6.92 Å². The van der Waals surface area contributed by atoms with E-state index >= 15 is 0 Å². The number of amides is 1. The third kappa shape index (κ3) is 2.58. The molecule has 0 N–H and O–H groups in total. The molecule has 1 saturated heterocycles. The molecule has 0 aromatic carbocycles. The zero-order chi connectivity index (χ0) is 11.6. The fourth-order valence-corrected chi connectivity index (χ4v) is 2.02. The zero-order valence-corrected chi connectivity index (χ0v) is 10.6. The van der Waals surface area contributed by atoms with Gasteiger partial charge in [0.2, 0.25) is 5.91 Å². The second kappa shape index (κ2) is 5.08. The van der Waals surface area contributed by atoms with Gasteiger partial charge >= 0.3 is 0 Å². The first kappa shape index (κ1) is 12.7. The summed E-state index contributed by atoms with van der Waals surface area (Å²) in [5.41, 5.74) is 0. The largest absolute Gasteiger partial charge is 0.473 e. The van der Waals surface area contributed by atoms with Crippen molar-refractivity contribution in [1.29, 1.82) is 0 Å². The quantitative estimate of drug-likeness (QED) is 0.756. The first-order valence-electron chi connectivity index (χ1n) is 4.94. The molecule has 5 heteroatoms. The minimum absolute atomic E-state index is 0.0233. The summed E-state index contributed by atoms with van der Waals surface area (Å²) in [6.07, 6.45) is 0.933. The van der Waals surface area contributed by atoms with Crippen molar-refractivity contribution >= 4 is 29.1 Å².